The van der Waals surface area contributed by atoms with Gasteiger partial charge in [0.25, 0.3) is 0 Å². The van der Waals surface area contributed by atoms with E-state index >= 15 is 0 Å². The maximum Gasteiger partial charge on any atom is 0.239 e. The molecule has 0 radical (unpaired) electrons. The lowest BCUT2D eigenvalue weighted by atomic mass is 9.92. The van der Waals surface area contributed by atoms with Crippen LogP contribution < -0.4 is 4.90 Å². The van der Waals surface area contributed by atoms with E-state index in [1.807, 2.05) is 50.2 Å². The van der Waals surface area contributed by atoms with E-state index in [9.17, 15) is 9.59 Å². The van der Waals surface area contributed by atoms with E-state index < -0.39 is 0 Å². The first kappa shape index (κ1) is 15.8. The number of nitrogens with zero attached hydrogens (tertiary/aromatic N) is 3. The monoisotopic (exact) mass is 329 g/mol. The molecule has 1 aromatic rings. The van der Waals surface area contributed by atoms with Crippen molar-refractivity contribution in [2.45, 2.75) is 19.9 Å². The van der Waals surface area contributed by atoms with Crippen LogP contribution in [0.2, 0.25) is 0 Å². The van der Waals surface area contributed by atoms with Crippen LogP contribution in [-0.2, 0) is 9.59 Å². The highest BCUT2D eigenvalue weighted by Crippen LogP contribution is 2.41. The molecule has 1 saturated heterocycles. The molecule has 0 spiro atoms. The van der Waals surface area contributed by atoms with Gasteiger partial charge in [-0.1, -0.05) is 23.9 Å². The van der Waals surface area contributed by atoms with E-state index in [1.54, 1.807) is 4.90 Å². The van der Waals surface area contributed by atoms with Gasteiger partial charge in [-0.2, -0.15) is 0 Å². The number of hydrogen-bond donors (Lipinski definition) is 0. The maximum atomic E-state index is 12.3. The molecule has 1 amide bonds. The Morgan fingerprint density at radius 1 is 1.30 bits per heavy atom. The zero-order valence-corrected chi connectivity index (χ0v) is 14.5. The summed E-state index contributed by atoms with van der Waals surface area (Å²) < 4.78 is 0. The second-order valence-corrected chi connectivity index (χ2v) is 6.83. The summed E-state index contributed by atoms with van der Waals surface area (Å²) in [5.41, 5.74) is 3.31. The minimum absolute atomic E-state index is 0.00156. The highest BCUT2D eigenvalue weighted by molar-refractivity contribution is 8.15. The Bertz CT molecular complexity index is 735. The topological polar surface area (TPSA) is 53.0 Å². The van der Waals surface area contributed by atoms with Crippen LogP contribution in [0.5, 0.6) is 0 Å². The number of rotatable bonds is 3. The SMILES string of the molecule is CC(=O)C1=C(C)N=C2SCC(=O)N2[C@@H]1c1ccc(N(C)C)cc1. The molecule has 3 rings (SSSR count). The quantitative estimate of drug-likeness (QED) is 0.855. The van der Waals surface area contributed by atoms with Crippen LogP contribution in [0.15, 0.2) is 40.5 Å². The molecule has 2 aliphatic heterocycles. The van der Waals surface area contributed by atoms with Crippen molar-refractivity contribution >= 4 is 34.3 Å². The van der Waals surface area contributed by atoms with Gasteiger partial charge in [-0.05, 0) is 31.5 Å². The number of Topliss-reactive ketones (excluding diaryl/α,β-unsaturated/α-hetero) is 1. The summed E-state index contributed by atoms with van der Waals surface area (Å²) in [6.45, 7) is 3.37. The van der Waals surface area contributed by atoms with E-state index in [0.717, 1.165) is 11.3 Å². The number of allylic oxidation sites excluding steroid dienone is 1. The zero-order chi connectivity index (χ0) is 16.7. The number of fused-ring (bicyclic) bond motifs is 1. The first-order valence-electron chi connectivity index (χ1n) is 7.42. The summed E-state index contributed by atoms with van der Waals surface area (Å²) in [7, 11) is 3.96. The lowest BCUT2D eigenvalue weighted by Crippen LogP contribution is -2.38. The summed E-state index contributed by atoms with van der Waals surface area (Å²) in [5, 5.41) is 0.694. The van der Waals surface area contributed by atoms with Crippen molar-refractivity contribution in [1.29, 1.82) is 0 Å². The van der Waals surface area contributed by atoms with Gasteiger partial charge < -0.3 is 4.90 Å². The highest BCUT2D eigenvalue weighted by Gasteiger charge is 2.41. The lowest BCUT2D eigenvalue weighted by molar-refractivity contribution is -0.125. The van der Waals surface area contributed by atoms with E-state index in [0.29, 0.717) is 22.2 Å². The molecule has 1 aromatic carbocycles. The van der Waals surface area contributed by atoms with Crippen LogP contribution >= 0.6 is 11.8 Å². The summed E-state index contributed by atoms with van der Waals surface area (Å²) in [4.78, 5) is 32.6. The lowest BCUT2D eigenvalue weighted by Gasteiger charge is -2.33. The Kier molecular flexibility index (Phi) is 4.02. The number of thioether (sulfide) groups is 1. The Labute approximate surface area is 140 Å². The van der Waals surface area contributed by atoms with E-state index in [2.05, 4.69) is 4.99 Å². The van der Waals surface area contributed by atoms with Gasteiger partial charge >= 0.3 is 0 Å². The van der Waals surface area contributed by atoms with Gasteiger partial charge in [0.05, 0.1) is 11.8 Å². The third-order valence-corrected chi connectivity index (χ3v) is 5.03. The van der Waals surface area contributed by atoms with E-state index in [-0.39, 0.29) is 17.7 Å². The fraction of sp³-hybridized carbons (Fsp3) is 0.353. The summed E-state index contributed by atoms with van der Waals surface area (Å²) in [6.07, 6.45) is 0. The van der Waals surface area contributed by atoms with Gasteiger partial charge in [-0.25, -0.2) is 4.99 Å². The van der Waals surface area contributed by atoms with Crippen LogP contribution in [0.4, 0.5) is 5.69 Å². The number of aliphatic imine (C=N–C) groups is 1. The number of amides is 1. The standard InChI is InChI=1S/C17H19N3O2S/c1-10-15(11(2)21)16(20-14(22)9-23-17(20)18-10)12-5-7-13(8-6-12)19(3)4/h5-8,16H,9H2,1-4H3/t16-/m1/s1. The first-order valence-corrected chi connectivity index (χ1v) is 8.41. The van der Waals surface area contributed by atoms with Gasteiger partial charge in [0, 0.05) is 31.1 Å². The van der Waals surface area contributed by atoms with Crippen molar-refractivity contribution in [2.24, 2.45) is 4.99 Å². The van der Waals surface area contributed by atoms with Crippen molar-refractivity contribution < 1.29 is 9.59 Å². The maximum absolute atomic E-state index is 12.3. The molecule has 2 heterocycles. The second kappa shape index (κ2) is 5.85. The molecule has 0 aromatic heterocycles. The van der Waals surface area contributed by atoms with E-state index in [4.69, 9.17) is 0 Å². The Morgan fingerprint density at radius 2 is 1.96 bits per heavy atom. The van der Waals surface area contributed by atoms with Crippen molar-refractivity contribution in [3.63, 3.8) is 0 Å². The molecule has 6 heteroatoms. The average molecular weight is 329 g/mol. The fourth-order valence-corrected chi connectivity index (χ4v) is 3.90. The van der Waals surface area contributed by atoms with Gasteiger partial charge in [0.2, 0.25) is 5.91 Å². The third kappa shape index (κ3) is 2.67. The largest absolute Gasteiger partial charge is 0.378 e. The van der Waals surface area contributed by atoms with Gasteiger partial charge in [0.15, 0.2) is 11.0 Å². The number of benzene rings is 1. The smallest absolute Gasteiger partial charge is 0.239 e. The molecule has 1 atom stereocenters. The predicted molar refractivity (Wildman–Crippen MR) is 93.6 cm³/mol. The Hall–Kier alpha value is -2.08. The van der Waals surface area contributed by atoms with Gasteiger partial charge in [-0.15, -0.1) is 0 Å². The Balaban J connectivity index is 2.11. The molecular weight excluding hydrogens is 310 g/mol. The summed E-state index contributed by atoms with van der Waals surface area (Å²) >= 11 is 1.43. The highest BCUT2D eigenvalue weighted by atomic mass is 32.2. The number of carbonyl (C=O) groups excluding carboxylic acids is 2. The van der Waals surface area contributed by atoms with Gasteiger partial charge in [0.1, 0.15) is 0 Å². The molecule has 0 unspecified atom stereocenters. The summed E-state index contributed by atoms with van der Waals surface area (Å²) in [6, 6.07) is 7.59. The molecule has 2 aliphatic rings. The molecule has 1 fully saturated rings. The number of ketones is 1. The average Bonchev–Trinajstić information content (AvgIpc) is 2.86. The normalized spacial score (nSPS) is 20.5. The zero-order valence-electron chi connectivity index (χ0n) is 13.7. The number of amidine groups is 1. The number of hydrogen-bond acceptors (Lipinski definition) is 5. The molecule has 5 nitrogen and oxygen atoms in total. The molecule has 120 valence electrons. The van der Waals surface area contributed by atoms with Crippen molar-refractivity contribution in [2.75, 3.05) is 24.7 Å². The fourth-order valence-electron chi connectivity index (χ4n) is 2.96. The van der Waals surface area contributed by atoms with Crippen LogP contribution in [-0.4, -0.2) is 41.6 Å². The molecular formula is C17H19N3O2S. The molecule has 0 bridgehead atoms. The van der Waals surface area contributed by atoms with Crippen LogP contribution in [0.25, 0.3) is 0 Å². The first-order chi connectivity index (χ1) is 10.9. The van der Waals surface area contributed by atoms with Crippen molar-refractivity contribution in [1.82, 2.24) is 4.90 Å². The minimum Gasteiger partial charge on any atom is -0.378 e. The second-order valence-electron chi connectivity index (χ2n) is 5.89. The molecule has 23 heavy (non-hydrogen) atoms. The number of carbonyl (C=O) groups is 2. The van der Waals surface area contributed by atoms with Crippen LogP contribution in [0.3, 0.4) is 0 Å². The molecule has 0 aliphatic carbocycles. The van der Waals surface area contributed by atoms with Crippen LogP contribution in [0.1, 0.15) is 25.5 Å². The third-order valence-electron chi connectivity index (χ3n) is 4.09. The van der Waals surface area contributed by atoms with Crippen LogP contribution in [0, 0.1) is 0 Å². The van der Waals surface area contributed by atoms with Crippen molar-refractivity contribution in [3.8, 4) is 0 Å². The van der Waals surface area contributed by atoms with Crippen molar-refractivity contribution in [3.05, 3.63) is 41.1 Å². The Morgan fingerprint density at radius 3 is 2.52 bits per heavy atom. The predicted octanol–water partition coefficient (Wildman–Crippen LogP) is 2.60. The number of anilines is 1. The minimum atomic E-state index is -0.376. The summed E-state index contributed by atoms with van der Waals surface area (Å²) in [5.74, 6) is 0.335. The molecule has 0 saturated carbocycles. The van der Waals surface area contributed by atoms with Gasteiger partial charge in [-0.3, -0.25) is 14.5 Å². The van der Waals surface area contributed by atoms with E-state index in [1.165, 1.54) is 18.7 Å². The molecule has 0 N–H and O–H groups in total.